The van der Waals surface area contributed by atoms with Crippen molar-refractivity contribution in [2.75, 3.05) is 6.61 Å². The van der Waals surface area contributed by atoms with E-state index in [4.69, 9.17) is 25.8 Å². The molecule has 0 saturated carbocycles. The highest BCUT2D eigenvalue weighted by Crippen LogP contribution is 2.40. The monoisotopic (exact) mass is 438 g/mol. The summed E-state index contributed by atoms with van der Waals surface area (Å²) < 4.78 is 30.7. The van der Waals surface area contributed by atoms with Crippen LogP contribution in [-0.4, -0.2) is 12.4 Å². The minimum absolute atomic E-state index is 0.164. The average Bonchev–Trinajstić information content (AvgIpc) is 3.07. The molecule has 0 N–H and O–H groups in total. The molecule has 158 valence electrons. The molecule has 4 nitrogen and oxygen atoms in total. The molecule has 0 aliphatic carbocycles. The summed E-state index contributed by atoms with van der Waals surface area (Å²) in [6.45, 7) is 4.41. The van der Waals surface area contributed by atoms with E-state index in [0.717, 1.165) is 5.56 Å². The Morgan fingerprint density at radius 3 is 2.65 bits per heavy atom. The summed E-state index contributed by atoms with van der Waals surface area (Å²) in [7, 11) is 0. The Morgan fingerprint density at radius 1 is 1.06 bits per heavy atom. The fraction of sp³-hybridized carbons (Fsp3) is 0.160. The molecule has 1 aliphatic heterocycles. The predicted molar refractivity (Wildman–Crippen MR) is 117 cm³/mol. The van der Waals surface area contributed by atoms with Crippen LogP contribution in [0.25, 0.3) is 6.08 Å². The van der Waals surface area contributed by atoms with Gasteiger partial charge < -0.3 is 14.2 Å². The number of carbonyl (C=O) groups is 1. The molecule has 3 aromatic rings. The fourth-order valence-corrected chi connectivity index (χ4v) is 3.57. The maximum atomic E-state index is 13.2. The van der Waals surface area contributed by atoms with Gasteiger partial charge in [-0.05, 0) is 50.3 Å². The summed E-state index contributed by atoms with van der Waals surface area (Å²) in [5.41, 5.74) is 2.60. The molecule has 0 amide bonds. The molecule has 0 atom stereocenters. The number of carbonyl (C=O) groups excluding carboxylic acids is 1. The van der Waals surface area contributed by atoms with Crippen molar-refractivity contribution in [2.24, 2.45) is 0 Å². The maximum absolute atomic E-state index is 13.2. The average molecular weight is 439 g/mol. The second-order valence-corrected chi connectivity index (χ2v) is 7.41. The number of allylic oxidation sites excluding steroid dienone is 1. The van der Waals surface area contributed by atoms with Gasteiger partial charge in [-0.1, -0.05) is 35.9 Å². The van der Waals surface area contributed by atoms with Gasteiger partial charge in [-0.2, -0.15) is 0 Å². The molecule has 0 bridgehead atoms. The second-order valence-electron chi connectivity index (χ2n) is 7.00. The Balaban J connectivity index is 1.58. The molecular formula is C25H20ClFO4. The summed E-state index contributed by atoms with van der Waals surface area (Å²) in [6, 6.07) is 15.0. The highest BCUT2D eigenvalue weighted by molar-refractivity contribution is 6.31. The molecule has 0 saturated heterocycles. The Kier molecular flexibility index (Phi) is 5.96. The predicted octanol–water partition coefficient (Wildman–Crippen LogP) is 6.38. The quantitative estimate of drug-likeness (QED) is 0.419. The first-order chi connectivity index (χ1) is 15.0. The van der Waals surface area contributed by atoms with Crippen LogP contribution < -0.4 is 14.2 Å². The molecule has 1 aliphatic rings. The van der Waals surface area contributed by atoms with Gasteiger partial charge in [-0.3, -0.25) is 4.79 Å². The van der Waals surface area contributed by atoms with Gasteiger partial charge in [0.05, 0.1) is 17.2 Å². The van der Waals surface area contributed by atoms with Crippen molar-refractivity contribution in [3.05, 3.63) is 93.5 Å². The molecule has 0 aromatic heterocycles. The smallest absolute Gasteiger partial charge is 0.231 e. The zero-order chi connectivity index (χ0) is 22.0. The van der Waals surface area contributed by atoms with Crippen molar-refractivity contribution >= 4 is 23.5 Å². The van der Waals surface area contributed by atoms with Crippen LogP contribution >= 0.6 is 11.6 Å². The van der Waals surface area contributed by atoms with E-state index in [2.05, 4.69) is 0 Å². The molecule has 3 aromatic carbocycles. The lowest BCUT2D eigenvalue weighted by atomic mass is 10.1. The molecular weight excluding hydrogens is 419 g/mol. The van der Waals surface area contributed by atoms with Gasteiger partial charge in [0.1, 0.15) is 29.7 Å². The SMILES string of the molecule is CCOc1ccccc1/C=C1\Oc2c(ccc(OCc3ccc(F)cc3Cl)c2C)C1=O. The molecule has 4 rings (SSSR count). The number of ketones is 1. The van der Waals surface area contributed by atoms with Gasteiger partial charge in [0.25, 0.3) is 0 Å². The van der Waals surface area contributed by atoms with Crippen molar-refractivity contribution in [2.45, 2.75) is 20.5 Å². The number of para-hydroxylation sites is 1. The van der Waals surface area contributed by atoms with Crippen LogP contribution in [-0.2, 0) is 6.61 Å². The zero-order valence-corrected chi connectivity index (χ0v) is 17.8. The number of rotatable bonds is 6. The van der Waals surface area contributed by atoms with E-state index in [1.807, 2.05) is 38.1 Å². The maximum Gasteiger partial charge on any atom is 0.231 e. The summed E-state index contributed by atoms with van der Waals surface area (Å²) in [4.78, 5) is 12.9. The Morgan fingerprint density at radius 2 is 1.87 bits per heavy atom. The van der Waals surface area contributed by atoms with Gasteiger partial charge in [-0.25, -0.2) is 4.39 Å². The van der Waals surface area contributed by atoms with Crippen LogP contribution in [0.3, 0.4) is 0 Å². The standard InChI is InChI=1S/C25H20ClFO4/c1-3-29-22-7-5-4-6-16(22)12-23-24(28)19-10-11-21(15(2)25(19)31-23)30-14-17-8-9-18(27)13-20(17)26/h4-13H,3,14H2,1-2H3/b23-12-. The second kappa shape index (κ2) is 8.82. The van der Waals surface area contributed by atoms with Gasteiger partial charge in [0.15, 0.2) is 5.76 Å². The molecule has 31 heavy (non-hydrogen) atoms. The highest BCUT2D eigenvalue weighted by Gasteiger charge is 2.30. The summed E-state index contributed by atoms with van der Waals surface area (Å²) >= 11 is 6.07. The van der Waals surface area contributed by atoms with E-state index in [1.54, 1.807) is 24.3 Å². The highest BCUT2D eigenvalue weighted by atomic mass is 35.5. The molecule has 0 fully saturated rings. The first kappa shape index (κ1) is 20.9. The number of Topliss-reactive ketones (excluding diaryl/α,β-unsaturated/α-hetero) is 1. The van der Waals surface area contributed by atoms with Gasteiger partial charge in [-0.15, -0.1) is 0 Å². The first-order valence-electron chi connectivity index (χ1n) is 9.84. The summed E-state index contributed by atoms with van der Waals surface area (Å²) in [5, 5.41) is 0.295. The normalized spacial score (nSPS) is 13.8. The molecule has 6 heteroatoms. The third-order valence-electron chi connectivity index (χ3n) is 4.94. The zero-order valence-electron chi connectivity index (χ0n) is 17.1. The van der Waals surface area contributed by atoms with Crippen LogP contribution in [0.5, 0.6) is 17.2 Å². The van der Waals surface area contributed by atoms with Crippen LogP contribution in [0.1, 0.15) is 34.0 Å². The van der Waals surface area contributed by atoms with Crippen molar-refractivity contribution in [3.63, 3.8) is 0 Å². The molecule has 1 heterocycles. The molecule has 0 unspecified atom stereocenters. The van der Waals surface area contributed by atoms with Gasteiger partial charge >= 0.3 is 0 Å². The summed E-state index contributed by atoms with van der Waals surface area (Å²) in [6.07, 6.45) is 1.69. The third kappa shape index (κ3) is 4.28. The first-order valence-corrected chi connectivity index (χ1v) is 10.2. The molecule has 0 spiro atoms. The van der Waals surface area contributed by atoms with E-state index in [-0.39, 0.29) is 18.1 Å². The fourth-order valence-electron chi connectivity index (χ4n) is 3.35. The van der Waals surface area contributed by atoms with Crippen LogP contribution in [0.15, 0.2) is 60.4 Å². The van der Waals surface area contributed by atoms with Gasteiger partial charge in [0.2, 0.25) is 5.78 Å². The van der Waals surface area contributed by atoms with E-state index >= 15 is 0 Å². The Bertz CT molecular complexity index is 1190. The molecule has 0 radical (unpaired) electrons. The Labute approximate surface area is 184 Å². The van der Waals surface area contributed by atoms with E-state index in [9.17, 15) is 9.18 Å². The largest absolute Gasteiger partial charge is 0.493 e. The lowest BCUT2D eigenvalue weighted by Crippen LogP contribution is -1.99. The van der Waals surface area contributed by atoms with E-state index in [0.29, 0.717) is 45.6 Å². The van der Waals surface area contributed by atoms with E-state index < -0.39 is 5.82 Å². The van der Waals surface area contributed by atoms with Crippen LogP contribution in [0, 0.1) is 12.7 Å². The summed E-state index contributed by atoms with van der Waals surface area (Å²) in [5.74, 6) is 1.33. The lowest BCUT2D eigenvalue weighted by Gasteiger charge is -2.12. The topological polar surface area (TPSA) is 44.8 Å². The third-order valence-corrected chi connectivity index (χ3v) is 5.29. The number of halogens is 2. The number of fused-ring (bicyclic) bond motifs is 1. The van der Waals surface area contributed by atoms with Gasteiger partial charge in [0, 0.05) is 16.7 Å². The Hall–Kier alpha value is -3.31. The number of benzene rings is 3. The van der Waals surface area contributed by atoms with Crippen molar-refractivity contribution < 1.29 is 23.4 Å². The van der Waals surface area contributed by atoms with Crippen LogP contribution in [0.4, 0.5) is 4.39 Å². The minimum atomic E-state index is -0.403. The lowest BCUT2D eigenvalue weighted by molar-refractivity contribution is 0.101. The number of hydrogen-bond acceptors (Lipinski definition) is 4. The van der Waals surface area contributed by atoms with E-state index in [1.165, 1.54) is 12.1 Å². The van der Waals surface area contributed by atoms with Crippen molar-refractivity contribution in [1.29, 1.82) is 0 Å². The minimum Gasteiger partial charge on any atom is -0.493 e. The number of ether oxygens (including phenoxy) is 3. The van der Waals surface area contributed by atoms with Crippen molar-refractivity contribution in [1.82, 2.24) is 0 Å². The van der Waals surface area contributed by atoms with Crippen LogP contribution in [0.2, 0.25) is 5.02 Å². The number of hydrogen-bond donors (Lipinski definition) is 0. The van der Waals surface area contributed by atoms with Crippen molar-refractivity contribution in [3.8, 4) is 17.2 Å².